The summed E-state index contributed by atoms with van der Waals surface area (Å²) in [5, 5.41) is 4.17. The average molecular weight is 310 g/mol. The van der Waals surface area contributed by atoms with E-state index in [1.165, 1.54) is 12.0 Å². The summed E-state index contributed by atoms with van der Waals surface area (Å²) in [5.74, 6) is 0.821. The Hall–Kier alpha value is -2.10. The SMILES string of the molecule is C[C@H]1CCC[C@H](C)N1C(=O)c1noc2c1CCc1ccccc1-2. The van der Waals surface area contributed by atoms with Crippen molar-refractivity contribution >= 4 is 5.91 Å². The lowest BCUT2D eigenvalue weighted by atomic mass is 9.89. The van der Waals surface area contributed by atoms with Gasteiger partial charge in [0.05, 0.1) is 0 Å². The second-order valence-corrected chi connectivity index (χ2v) is 6.84. The molecule has 1 aliphatic carbocycles. The van der Waals surface area contributed by atoms with E-state index in [1.807, 2.05) is 17.0 Å². The number of likely N-dealkylation sites (tertiary alicyclic amines) is 1. The first-order valence-electron chi connectivity index (χ1n) is 8.56. The molecule has 2 heterocycles. The van der Waals surface area contributed by atoms with Crippen molar-refractivity contribution in [3.8, 4) is 11.3 Å². The average Bonchev–Trinajstić information content (AvgIpc) is 2.99. The Balaban J connectivity index is 1.72. The maximum absolute atomic E-state index is 13.1. The van der Waals surface area contributed by atoms with Crippen LogP contribution in [-0.4, -0.2) is 28.0 Å². The molecular formula is C19H22N2O2. The monoisotopic (exact) mass is 310 g/mol. The van der Waals surface area contributed by atoms with Crippen LogP contribution in [0.2, 0.25) is 0 Å². The van der Waals surface area contributed by atoms with Crippen LogP contribution in [0.5, 0.6) is 0 Å². The van der Waals surface area contributed by atoms with Crippen molar-refractivity contribution in [1.82, 2.24) is 10.1 Å². The molecule has 2 aliphatic rings. The molecule has 4 nitrogen and oxygen atoms in total. The molecule has 0 saturated carbocycles. The standard InChI is InChI=1S/C19H22N2O2/c1-12-6-5-7-13(2)21(12)19(22)17-16-11-10-14-8-3-4-9-15(14)18(16)23-20-17/h3-4,8-9,12-13H,5-7,10-11H2,1-2H3/t12-,13-/m0/s1. The van der Waals surface area contributed by atoms with E-state index in [9.17, 15) is 4.79 Å². The quantitative estimate of drug-likeness (QED) is 0.804. The molecule has 1 aromatic carbocycles. The maximum atomic E-state index is 13.1. The van der Waals surface area contributed by atoms with Gasteiger partial charge in [-0.1, -0.05) is 29.4 Å². The number of carbonyl (C=O) groups is 1. The van der Waals surface area contributed by atoms with Crippen LogP contribution in [0.15, 0.2) is 28.8 Å². The fourth-order valence-corrected chi connectivity index (χ4v) is 4.08. The predicted molar refractivity (Wildman–Crippen MR) is 88.3 cm³/mol. The molecule has 4 heteroatoms. The molecule has 2 aromatic rings. The van der Waals surface area contributed by atoms with Gasteiger partial charge in [-0.3, -0.25) is 4.79 Å². The molecule has 0 N–H and O–H groups in total. The lowest BCUT2D eigenvalue weighted by Gasteiger charge is -2.38. The smallest absolute Gasteiger partial charge is 0.276 e. The van der Waals surface area contributed by atoms with E-state index in [4.69, 9.17) is 4.52 Å². The predicted octanol–water partition coefficient (Wildman–Crippen LogP) is 3.84. The highest BCUT2D eigenvalue weighted by Gasteiger charge is 2.35. The van der Waals surface area contributed by atoms with Gasteiger partial charge in [0, 0.05) is 23.2 Å². The van der Waals surface area contributed by atoms with E-state index in [0.717, 1.165) is 42.6 Å². The number of aromatic nitrogens is 1. The van der Waals surface area contributed by atoms with E-state index >= 15 is 0 Å². The second-order valence-electron chi connectivity index (χ2n) is 6.84. The minimum atomic E-state index is 0.0362. The van der Waals surface area contributed by atoms with Gasteiger partial charge in [0.2, 0.25) is 0 Å². The van der Waals surface area contributed by atoms with Gasteiger partial charge < -0.3 is 9.42 Å². The number of aryl methyl sites for hydroxylation is 1. The Labute approximate surface area is 136 Å². The summed E-state index contributed by atoms with van der Waals surface area (Å²) in [6, 6.07) is 8.77. The number of nitrogens with zero attached hydrogens (tertiary/aromatic N) is 2. The first kappa shape index (κ1) is 14.5. The summed E-state index contributed by atoms with van der Waals surface area (Å²) in [6.45, 7) is 4.27. The van der Waals surface area contributed by atoms with E-state index in [0.29, 0.717) is 5.69 Å². The fraction of sp³-hybridized carbons (Fsp3) is 0.474. The third-order valence-corrected chi connectivity index (χ3v) is 5.33. The molecule has 23 heavy (non-hydrogen) atoms. The summed E-state index contributed by atoms with van der Waals surface area (Å²) in [7, 11) is 0. The van der Waals surface area contributed by atoms with Gasteiger partial charge in [0.15, 0.2) is 11.5 Å². The van der Waals surface area contributed by atoms with Crippen LogP contribution in [0.25, 0.3) is 11.3 Å². The zero-order valence-electron chi connectivity index (χ0n) is 13.7. The Kier molecular flexibility index (Phi) is 3.47. The topological polar surface area (TPSA) is 46.3 Å². The van der Waals surface area contributed by atoms with Gasteiger partial charge in [0.1, 0.15) is 0 Å². The summed E-state index contributed by atoms with van der Waals surface area (Å²) in [6.07, 6.45) is 5.09. The number of rotatable bonds is 1. The maximum Gasteiger partial charge on any atom is 0.276 e. The van der Waals surface area contributed by atoms with Crippen molar-refractivity contribution in [2.45, 2.75) is 58.0 Å². The molecule has 1 fully saturated rings. The molecule has 0 bridgehead atoms. The summed E-state index contributed by atoms with van der Waals surface area (Å²) >= 11 is 0. The van der Waals surface area contributed by atoms with Gasteiger partial charge >= 0.3 is 0 Å². The van der Waals surface area contributed by atoms with Crippen LogP contribution in [0.3, 0.4) is 0 Å². The third kappa shape index (κ3) is 2.28. The van der Waals surface area contributed by atoms with E-state index < -0.39 is 0 Å². The Morgan fingerprint density at radius 2 is 1.91 bits per heavy atom. The molecule has 1 amide bonds. The highest BCUT2D eigenvalue weighted by molar-refractivity contribution is 5.96. The Morgan fingerprint density at radius 3 is 2.70 bits per heavy atom. The Morgan fingerprint density at radius 1 is 1.17 bits per heavy atom. The Bertz CT molecular complexity index is 740. The molecule has 0 radical (unpaired) electrons. The second kappa shape index (κ2) is 5.52. The first-order valence-corrected chi connectivity index (χ1v) is 8.56. The van der Waals surface area contributed by atoms with Gasteiger partial charge in [-0.2, -0.15) is 0 Å². The molecule has 2 atom stereocenters. The first-order chi connectivity index (χ1) is 11.2. The minimum absolute atomic E-state index is 0.0362. The number of hydrogen-bond acceptors (Lipinski definition) is 3. The van der Waals surface area contributed by atoms with Crippen LogP contribution in [0, 0.1) is 0 Å². The van der Waals surface area contributed by atoms with Crippen molar-refractivity contribution in [2.24, 2.45) is 0 Å². The van der Waals surface area contributed by atoms with Crippen LogP contribution in [0.4, 0.5) is 0 Å². The summed E-state index contributed by atoms with van der Waals surface area (Å²) in [5.41, 5.74) is 3.86. The molecule has 0 spiro atoms. The van der Waals surface area contributed by atoms with Crippen LogP contribution < -0.4 is 0 Å². The highest BCUT2D eigenvalue weighted by Crippen LogP contribution is 2.36. The minimum Gasteiger partial charge on any atom is -0.355 e. The number of benzene rings is 1. The van der Waals surface area contributed by atoms with Gasteiger partial charge in [-0.05, 0) is 51.5 Å². The van der Waals surface area contributed by atoms with E-state index in [1.54, 1.807) is 0 Å². The molecule has 120 valence electrons. The van der Waals surface area contributed by atoms with Crippen molar-refractivity contribution in [1.29, 1.82) is 0 Å². The fourth-order valence-electron chi connectivity index (χ4n) is 4.08. The van der Waals surface area contributed by atoms with Crippen LogP contribution in [0.1, 0.15) is 54.7 Å². The number of amides is 1. The molecule has 1 aromatic heterocycles. The van der Waals surface area contributed by atoms with Crippen molar-refractivity contribution in [3.63, 3.8) is 0 Å². The lowest BCUT2D eigenvalue weighted by Crippen LogP contribution is -2.47. The normalized spacial score (nSPS) is 23.3. The third-order valence-electron chi connectivity index (χ3n) is 5.33. The molecular weight excluding hydrogens is 288 g/mol. The molecule has 4 rings (SSSR count). The van der Waals surface area contributed by atoms with Crippen LogP contribution >= 0.6 is 0 Å². The van der Waals surface area contributed by atoms with Gasteiger partial charge in [-0.15, -0.1) is 0 Å². The number of hydrogen-bond donors (Lipinski definition) is 0. The lowest BCUT2D eigenvalue weighted by molar-refractivity contribution is 0.0499. The molecule has 1 aliphatic heterocycles. The van der Waals surface area contributed by atoms with E-state index in [2.05, 4.69) is 31.1 Å². The summed E-state index contributed by atoms with van der Waals surface area (Å²) < 4.78 is 5.60. The van der Waals surface area contributed by atoms with Crippen molar-refractivity contribution in [2.75, 3.05) is 0 Å². The van der Waals surface area contributed by atoms with Gasteiger partial charge in [0.25, 0.3) is 5.91 Å². The zero-order valence-corrected chi connectivity index (χ0v) is 13.7. The summed E-state index contributed by atoms with van der Waals surface area (Å²) in [4.78, 5) is 15.1. The van der Waals surface area contributed by atoms with Crippen molar-refractivity contribution < 1.29 is 9.32 Å². The largest absolute Gasteiger partial charge is 0.355 e. The van der Waals surface area contributed by atoms with Gasteiger partial charge in [-0.25, -0.2) is 0 Å². The molecule has 0 unspecified atom stereocenters. The van der Waals surface area contributed by atoms with E-state index in [-0.39, 0.29) is 18.0 Å². The number of carbonyl (C=O) groups excluding carboxylic acids is 1. The number of fused-ring (bicyclic) bond motifs is 3. The van der Waals surface area contributed by atoms with Crippen LogP contribution in [-0.2, 0) is 12.8 Å². The zero-order chi connectivity index (χ0) is 16.0. The van der Waals surface area contributed by atoms with Crippen molar-refractivity contribution in [3.05, 3.63) is 41.1 Å². The highest BCUT2D eigenvalue weighted by atomic mass is 16.5. The molecule has 1 saturated heterocycles. The number of piperidine rings is 1.